The molecule has 2 rings (SSSR count). The van der Waals surface area contributed by atoms with Crippen LogP contribution in [0.5, 0.6) is 0 Å². The summed E-state index contributed by atoms with van der Waals surface area (Å²) in [6, 6.07) is 7.96. The van der Waals surface area contributed by atoms with Gasteiger partial charge in [0.1, 0.15) is 0 Å². The fourth-order valence-electron chi connectivity index (χ4n) is 1.63. The van der Waals surface area contributed by atoms with Gasteiger partial charge in [-0.25, -0.2) is 0 Å². The Balaban J connectivity index is 2.47. The van der Waals surface area contributed by atoms with Gasteiger partial charge in [0.15, 0.2) is 0 Å². The van der Waals surface area contributed by atoms with Crippen molar-refractivity contribution in [3.8, 4) is 0 Å². The molecule has 2 heteroatoms. The van der Waals surface area contributed by atoms with Gasteiger partial charge in [-0.05, 0) is 17.5 Å². The van der Waals surface area contributed by atoms with Crippen LogP contribution in [-0.2, 0) is 4.79 Å². The van der Waals surface area contributed by atoms with Crippen LogP contribution in [0.4, 0.5) is 5.69 Å². The summed E-state index contributed by atoms with van der Waals surface area (Å²) in [4.78, 5) is 11.1. The van der Waals surface area contributed by atoms with E-state index in [4.69, 9.17) is 0 Å². The van der Waals surface area contributed by atoms with Gasteiger partial charge in [-0.1, -0.05) is 25.1 Å². The molecule has 1 atom stereocenters. The zero-order chi connectivity index (χ0) is 8.55. The van der Waals surface area contributed by atoms with E-state index in [2.05, 4.69) is 18.3 Å². The minimum absolute atomic E-state index is 0.126. The quantitative estimate of drug-likeness (QED) is 0.620. The van der Waals surface area contributed by atoms with Gasteiger partial charge in [-0.2, -0.15) is 0 Å². The summed E-state index contributed by atoms with van der Waals surface area (Å²) in [7, 11) is 0. The van der Waals surface area contributed by atoms with Crippen molar-refractivity contribution in [1.29, 1.82) is 0 Å². The molecule has 0 radical (unpaired) electrons. The molecule has 1 amide bonds. The molecule has 0 saturated carbocycles. The molecule has 2 nitrogen and oxygen atoms in total. The van der Waals surface area contributed by atoms with Crippen molar-refractivity contribution in [2.75, 3.05) is 5.32 Å². The second-order valence-electron chi connectivity index (χ2n) is 3.24. The Morgan fingerprint density at radius 1 is 1.42 bits per heavy atom. The average molecular weight is 161 g/mol. The van der Waals surface area contributed by atoms with Crippen molar-refractivity contribution >= 4 is 11.6 Å². The normalized spacial score (nSPS) is 21.4. The summed E-state index contributed by atoms with van der Waals surface area (Å²) in [6.07, 6.45) is 0.608. The smallest absolute Gasteiger partial charge is 0.224 e. The van der Waals surface area contributed by atoms with Gasteiger partial charge in [0.25, 0.3) is 0 Å². The predicted molar refractivity (Wildman–Crippen MR) is 48.1 cm³/mol. The molecule has 0 aromatic heterocycles. The van der Waals surface area contributed by atoms with E-state index in [1.165, 1.54) is 5.56 Å². The molecule has 1 N–H and O–H groups in total. The number of hydrogen-bond acceptors (Lipinski definition) is 1. The molecule has 1 aliphatic heterocycles. The maximum Gasteiger partial charge on any atom is 0.224 e. The largest absolute Gasteiger partial charge is 0.326 e. The number of carbonyl (C=O) groups excluding carboxylic acids is 1. The van der Waals surface area contributed by atoms with Crippen molar-refractivity contribution in [1.82, 2.24) is 0 Å². The topological polar surface area (TPSA) is 29.1 Å². The van der Waals surface area contributed by atoms with Crippen molar-refractivity contribution < 1.29 is 4.79 Å². The number of rotatable bonds is 0. The lowest BCUT2D eigenvalue weighted by atomic mass is 9.92. The van der Waals surface area contributed by atoms with Crippen molar-refractivity contribution in [2.24, 2.45) is 0 Å². The zero-order valence-corrected chi connectivity index (χ0v) is 7.00. The van der Waals surface area contributed by atoms with Crippen LogP contribution in [0, 0.1) is 0 Å². The highest BCUT2D eigenvalue weighted by Crippen LogP contribution is 2.30. The minimum Gasteiger partial charge on any atom is -0.326 e. The van der Waals surface area contributed by atoms with E-state index >= 15 is 0 Å². The Kier molecular flexibility index (Phi) is 1.61. The molecule has 1 aliphatic rings. The number of benzene rings is 1. The van der Waals surface area contributed by atoms with Crippen LogP contribution in [0.3, 0.4) is 0 Å². The average Bonchev–Trinajstić information content (AvgIpc) is 2.04. The summed E-state index contributed by atoms with van der Waals surface area (Å²) in [6.45, 7) is 2.08. The standard InChI is InChI=1S/C10H11NO/c1-7-6-10(12)11-9-5-3-2-4-8(7)9/h2-5,7H,6H2,1H3,(H,11,12). The summed E-state index contributed by atoms with van der Waals surface area (Å²) >= 11 is 0. The maximum atomic E-state index is 11.1. The first-order valence-corrected chi connectivity index (χ1v) is 4.16. The van der Waals surface area contributed by atoms with Crippen LogP contribution in [-0.4, -0.2) is 5.91 Å². The van der Waals surface area contributed by atoms with Crippen LogP contribution in [0.15, 0.2) is 24.3 Å². The second kappa shape index (κ2) is 2.63. The Bertz CT molecular complexity index is 319. The van der Waals surface area contributed by atoms with Crippen LogP contribution >= 0.6 is 0 Å². The first-order valence-electron chi connectivity index (χ1n) is 4.16. The third-order valence-electron chi connectivity index (χ3n) is 2.26. The van der Waals surface area contributed by atoms with E-state index in [-0.39, 0.29) is 5.91 Å². The highest BCUT2D eigenvalue weighted by molar-refractivity contribution is 5.94. The fraction of sp³-hybridized carbons (Fsp3) is 0.300. The van der Waals surface area contributed by atoms with Crippen LogP contribution in [0.25, 0.3) is 0 Å². The van der Waals surface area contributed by atoms with E-state index in [0.717, 1.165) is 5.69 Å². The van der Waals surface area contributed by atoms with Gasteiger partial charge < -0.3 is 5.32 Å². The molecular formula is C10H11NO. The molecule has 0 aliphatic carbocycles. The zero-order valence-electron chi connectivity index (χ0n) is 7.00. The minimum atomic E-state index is 0.126. The van der Waals surface area contributed by atoms with Gasteiger partial charge in [0.05, 0.1) is 0 Å². The number of anilines is 1. The summed E-state index contributed by atoms with van der Waals surface area (Å²) < 4.78 is 0. The molecular weight excluding hydrogens is 150 g/mol. The molecule has 1 unspecified atom stereocenters. The second-order valence-corrected chi connectivity index (χ2v) is 3.24. The Hall–Kier alpha value is -1.31. The van der Waals surface area contributed by atoms with Crippen LogP contribution in [0.2, 0.25) is 0 Å². The third-order valence-corrected chi connectivity index (χ3v) is 2.26. The Morgan fingerprint density at radius 3 is 3.00 bits per heavy atom. The van der Waals surface area contributed by atoms with Gasteiger partial charge in [-0.15, -0.1) is 0 Å². The third kappa shape index (κ3) is 1.09. The van der Waals surface area contributed by atoms with Gasteiger partial charge >= 0.3 is 0 Å². The van der Waals surface area contributed by atoms with E-state index in [0.29, 0.717) is 12.3 Å². The van der Waals surface area contributed by atoms with E-state index < -0.39 is 0 Å². The molecule has 1 aromatic rings. The number of amides is 1. The first kappa shape index (κ1) is 7.35. The molecule has 12 heavy (non-hydrogen) atoms. The molecule has 0 fully saturated rings. The predicted octanol–water partition coefficient (Wildman–Crippen LogP) is 2.13. The first-order chi connectivity index (χ1) is 5.77. The Labute approximate surface area is 71.6 Å². The fourth-order valence-corrected chi connectivity index (χ4v) is 1.63. The highest BCUT2D eigenvalue weighted by atomic mass is 16.1. The monoisotopic (exact) mass is 161 g/mol. The van der Waals surface area contributed by atoms with Crippen LogP contribution in [0.1, 0.15) is 24.8 Å². The summed E-state index contributed by atoms with van der Waals surface area (Å²) in [5.41, 5.74) is 2.22. The molecule has 1 heterocycles. The lowest BCUT2D eigenvalue weighted by Gasteiger charge is -2.21. The summed E-state index contributed by atoms with van der Waals surface area (Å²) in [5.74, 6) is 0.483. The van der Waals surface area contributed by atoms with E-state index in [1.807, 2.05) is 18.2 Å². The molecule has 0 saturated heterocycles. The molecule has 1 aromatic carbocycles. The summed E-state index contributed by atoms with van der Waals surface area (Å²) in [5, 5.41) is 2.85. The van der Waals surface area contributed by atoms with Crippen LogP contribution < -0.4 is 5.32 Å². The number of fused-ring (bicyclic) bond motifs is 1. The van der Waals surface area contributed by atoms with E-state index in [1.54, 1.807) is 0 Å². The van der Waals surface area contributed by atoms with Crippen molar-refractivity contribution in [2.45, 2.75) is 19.3 Å². The number of hydrogen-bond donors (Lipinski definition) is 1. The highest BCUT2D eigenvalue weighted by Gasteiger charge is 2.20. The lowest BCUT2D eigenvalue weighted by Crippen LogP contribution is -2.21. The van der Waals surface area contributed by atoms with E-state index in [9.17, 15) is 4.79 Å². The Morgan fingerprint density at radius 2 is 2.17 bits per heavy atom. The maximum absolute atomic E-state index is 11.1. The van der Waals surface area contributed by atoms with Gasteiger partial charge in [0, 0.05) is 12.1 Å². The number of para-hydroxylation sites is 1. The SMILES string of the molecule is CC1CC(=O)Nc2ccccc21. The van der Waals surface area contributed by atoms with Gasteiger partial charge in [-0.3, -0.25) is 4.79 Å². The molecule has 0 spiro atoms. The molecule has 0 bridgehead atoms. The number of nitrogens with one attached hydrogen (secondary N) is 1. The van der Waals surface area contributed by atoms with Gasteiger partial charge in [0.2, 0.25) is 5.91 Å². The number of carbonyl (C=O) groups is 1. The van der Waals surface area contributed by atoms with Crippen molar-refractivity contribution in [3.63, 3.8) is 0 Å². The lowest BCUT2D eigenvalue weighted by molar-refractivity contribution is -0.116. The van der Waals surface area contributed by atoms with Crippen molar-refractivity contribution in [3.05, 3.63) is 29.8 Å². The molecule has 62 valence electrons.